The van der Waals surface area contributed by atoms with Crippen molar-refractivity contribution in [2.75, 3.05) is 26.4 Å². The Morgan fingerprint density at radius 1 is 0.650 bits per heavy atom. The second kappa shape index (κ2) is 28.1. The topological polar surface area (TPSA) is 134 Å². The first-order chi connectivity index (χ1) is 19.3. The Kier molecular flexibility index (Phi) is 27.4. The molecule has 0 saturated carbocycles. The number of phosphoric ester groups is 1. The van der Waals surface area contributed by atoms with Crippen LogP contribution in [0, 0.1) is 0 Å². The molecular weight excluding hydrogens is 533 g/mol. The lowest BCUT2D eigenvalue weighted by molar-refractivity contribution is -0.161. The zero-order valence-corrected chi connectivity index (χ0v) is 26.5. The van der Waals surface area contributed by atoms with E-state index >= 15 is 0 Å². The lowest BCUT2D eigenvalue weighted by Crippen LogP contribution is -2.29. The molecule has 0 saturated heterocycles. The Hall–Kier alpha value is -0.990. The molecule has 0 bridgehead atoms. The van der Waals surface area contributed by atoms with Gasteiger partial charge in [0.1, 0.15) is 6.61 Å². The maximum atomic E-state index is 12.3. The molecule has 0 spiro atoms. The summed E-state index contributed by atoms with van der Waals surface area (Å²) in [6.07, 6.45) is 21.6. The molecule has 3 N–H and O–H groups in total. The largest absolute Gasteiger partial charge is 0.472 e. The third-order valence-electron chi connectivity index (χ3n) is 6.74. The van der Waals surface area contributed by atoms with E-state index in [0.717, 1.165) is 44.9 Å². The van der Waals surface area contributed by atoms with Crippen LogP contribution in [0.5, 0.6) is 0 Å². The smallest absolute Gasteiger partial charge is 0.462 e. The SMILES string of the molecule is CCCCCCCCCCCCCCCC(=O)OC[C@H](COP(=O)(O)OCCN)OC(=O)CCCCCCCC. The fraction of sp³-hybridized carbons (Fsp3) is 0.933. The summed E-state index contributed by atoms with van der Waals surface area (Å²) < 4.78 is 32.3. The van der Waals surface area contributed by atoms with Gasteiger partial charge in [-0.05, 0) is 12.8 Å². The molecule has 0 aromatic heterocycles. The number of hydrogen-bond donors (Lipinski definition) is 2. The summed E-state index contributed by atoms with van der Waals surface area (Å²) in [7, 11) is -4.35. The summed E-state index contributed by atoms with van der Waals surface area (Å²) in [5, 5.41) is 0. The van der Waals surface area contributed by atoms with Crippen molar-refractivity contribution in [3.8, 4) is 0 Å². The van der Waals surface area contributed by atoms with Gasteiger partial charge in [0.05, 0.1) is 13.2 Å². The van der Waals surface area contributed by atoms with Gasteiger partial charge in [-0.3, -0.25) is 18.6 Å². The zero-order chi connectivity index (χ0) is 29.7. The molecule has 0 aliphatic carbocycles. The molecule has 1 unspecified atom stereocenters. The van der Waals surface area contributed by atoms with Gasteiger partial charge in [-0.2, -0.15) is 0 Å². The Morgan fingerprint density at radius 3 is 1.52 bits per heavy atom. The van der Waals surface area contributed by atoms with Crippen molar-refractivity contribution in [3.05, 3.63) is 0 Å². The van der Waals surface area contributed by atoms with E-state index in [0.29, 0.717) is 6.42 Å². The highest BCUT2D eigenvalue weighted by molar-refractivity contribution is 7.47. The summed E-state index contributed by atoms with van der Waals surface area (Å²) in [4.78, 5) is 34.3. The average Bonchev–Trinajstić information content (AvgIpc) is 2.93. The van der Waals surface area contributed by atoms with Crippen molar-refractivity contribution in [1.29, 1.82) is 0 Å². The molecule has 0 aliphatic rings. The molecule has 0 aromatic carbocycles. The first kappa shape index (κ1) is 39.0. The first-order valence-corrected chi connectivity index (χ1v) is 17.5. The molecular formula is C30H60NO8P. The van der Waals surface area contributed by atoms with E-state index in [9.17, 15) is 19.0 Å². The number of esters is 2. The molecule has 40 heavy (non-hydrogen) atoms. The molecule has 0 fully saturated rings. The summed E-state index contributed by atoms with van der Waals surface area (Å²) in [6, 6.07) is 0. The van der Waals surface area contributed by atoms with Crippen molar-refractivity contribution in [2.45, 2.75) is 155 Å². The minimum absolute atomic E-state index is 0.0569. The number of phosphoric acid groups is 1. The zero-order valence-electron chi connectivity index (χ0n) is 25.6. The van der Waals surface area contributed by atoms with Crippen LogP contribution in [0.3, 0.4) is 0 Å². The third kappa shape index (κ3) is 27.2. The summed E-state index contributed by atoms with van der Waals surface area (Å²) in [5.74, 6) is -0.834. The van der Waals surface area contributed by atoms with Crippen LogP contribution in [0.15, 0.2) is 0 Å². The monoisotopic (exact) mass is 593 g/mol. The van der Waals surface area contributed by atoms with Crippen molar-refractivity contribution in [1.82, 2.24) is 0 Å². The highest BCUT2D eigenvalue weighted by atomic mass is 31.2. The van der Waals surface area contributed by atoms with Gasteiger partial charge in [0.25, 0.3) is 0 Å². The quantitative estimate of drug-likeness (QED) is 0.0486. The predicted octanol–water partition coefficient (Wildman–Crippen LogP) is 7.77. The number of rotatable bonds is 30. The summed E-state index contributed by atoms with van der Waals surface area (Å²) in [6.45, 7) is 3.64. The van der Waals surface area contributed by atoms with Gasteiger partial charge >= 0.3 is 19.8 Å². The van der Waals surface area contributed by atoms with Gasteiger partial charge in [0, 0.05) is 19.4 Å². The minimum atomic E-state index is -4.35. The van der Waals surface area contributed by atoms with E-state index in [4.69, 9.17) is 24.3 Å². The Bertz CT molecular complexity index is 649. The number of unbranched alkanes of at least 4 members (excludes halogenated alkanes) is 17. The van der Waals surface area contributed by atoms with Crippen molar-refractivity contribution >= 4 is 19.8 Å². The number of ether oxygens (including phenoxy) is 2. The van der Waals surface area contributed by atoms with Gasteiger partial charge in [-0.1, -0.05) is 123 Å². The van der Waals surface area contributed by atoms with Gasteiger partial charge in [-0.25, -0.2) is 4.57 Å². The van der Waals surface area contributed by atoms with Gasteiger partial charge in [0.15, 0.2) is 6.10 Å². The Labute approximate surface area is 244 Å². The van der Waals surface area contributed by atoms with E-state index in [1.54, 1.807) is 0 Å². The highest BCUT2D eigenvalue weighted by Gasteiger charge is 2.25. The minimum Gasteiger partial charge on any atom is -0.462 e. The van der Waals surface area contributed by atoms with E-state index < -0.39 is 26.5 Å². The lowest BCUT2D eigenvalue weighted by Gasteiger charge is -2.19. The number of hydrogen-bond acceptors (Lipinski definition) is 8. The van der Waals surface area contributed by atoms with E-state index in [1.807, 2.05) is 0 Å². The van der Waals surface area contributed by atoms with Gasteiger partial charge in [0.2, 0.25) is 0 Å². The predicted molar refractivity (Wildman–Crippen MR) is 160 cm³/mol. The van der Waals surface area contributed by atoms with Gasteiger partial charge in [-0.15, -0.1) is 0 Å². The molecule has 9 nitrogen and oxygen atoms in total. The second-order valence-electron chi connectivity index (χ2n) is 10.7. The van der Waals surface area contributed by atoms with Crippen LogP contribution in [0.1, 0.15) is 149 Å². The Balaban J connectivity index is 4.20. The number of nitrogens with two attached hydrogens (primary N) is 1. The molecule has 0 heterocycles. The molecule has 0 amide bonds. The fourth-order valence-corrected chi connectivity index (χ4v) is 5.10. The van der Waals surface area contributed by atoms with E-state index in [2.05, 4.69) is 13.8 Å². The average molecular weight is 594 g/mol. The molecule has 10 heteroatoms. The summed E-state index contributed by atoms with van der Waals surface area (Å²) >= 11 is 0. The Morgan fingerprint density at radius 2 is 1.07 bits per heavy atom. The maximum Gasteiger partial charge on any atom is 0.472 e. The van der Waals surface area contributed by atoms with Crippen molar-refractivity contribution < 1.29 is 37.6 Å². The second-order valence-corrected chi connectivity index (χ2v) is 12.1. The molecule has 0 radical (unpaired) electrons. The molecule has 0 aromatic rings. The van der Waals surface area contributed by atoms with Crippen molar-refractivity contribution in [3.63, 3.8) is 0 Å². The van der Waals surface area contributed by atoms with E-state index in [-0.39, 0.29) is 38.6 Å². The molecule has 2 atom stereocenters. The highest BCUT2D eigenvalue weighted by Crippen LogP contribution is 2.43. The first-order valence-electron chi connectivity index (χ1n) is 16.0. The van der Waals surface area contributed by atoms with Crippen LogP contribution < -0.4 is 5.73 Å². The lowest BCUT2D eigenvalue weighted by atomic mass is 10.0. The molecule has 0 rings (SSSR count). The molecule has 238 valence electrons. The third-order valence-corrected chi connectivity index (χ3v) is 7.73. The van der Waals surface area contributed by atoms with Crippen LogP contribution in [-0.2, 0) is 32.7 Å². The van der Waals surface area contributed by atoms with E-state index in [1.165, 1.54) is 70.6 Å². The van der Waals surface area contributed by atoms with Crippen LogP contribution in [0.4, 0.5) is 0 Å². The normalized spacial score (nSPS) is 13.6. The van der Waals surface area contributed by atoms with Crippen molar-refractivity contribution in [2.24, 2.45) is 5.73 Å². The van der Waals surface area contributed by atoms with Crippen LogP contribution in [-0.4, -0.2) is 49.3 Å². The van der Waals surface area contributed by atoms with Gasteiger partial charge < -0.3 is 20.1 Å². The number of carbonyl (C=O) groups excluding carboxylic acids is 2. The molecule has 0 aliphatic heterocycles. The fourth-order valence-electron chi connectivity index (χ4n) is 4.34. The summed E-state index contributed by atoms with van der Waals surface area (Å²) in [5.41, 5.74) is 5.29. The maximum absolute atomic E-state index is 12.3. The van der Waals surface area contributed by atoms with Crippen LogP contribution in [0.25, 0.3) is 0 Å². The standard InChI is InChI=1S/C30H60NO8P/c1-3-5-7-9-11-12-13-14-15-16-17-19-20-22-29(32)36-26-28(27-38-40(34,35)37-25-24-31)39-30(33)23-21-18-10-8-6-4-2/h28H,3-27,31H2,1-2H3,(H,34,35)/t28-/m1/s1. The number of carbonyl (C=O) groups is 2. The van der Waals surface area contributed by atoms with Crippen LogP contribution in [0.2, 0.25) is 0 Å². The van der Waals surface area contributed by atoms with Crippen LogP contribution >= 0.6 is 7.82 Å².